The summed E-state index contributed by atoms with van der Waals surface area (Å²) in [5.41, 5.74) is 0. The van der Waals surface area contributed by atoms with E-state index in [0.717, 1.165) is 25.5 Å². The van der Waals surface area contributed by atoms with Crippen LogP contribution in [0.4, 0.5) is 0 Å². The van der Waals surface area contributed by atoms with Crippen LogP contribution >= 0.6 is 0 Å². The van der Waals surface area contributed by atoms with Crippen molar-refractivity contribution in [3.8, 4) is 0 Å². The van der Waals surface area contributed by atoms with Crippen molar-refractivity contribution < 1.29 is 13.2 Å². The summed E-state index contributed by atoms with van der Waals surface area (Å²) in [7, 11) is -3.34. The van der Waals surface area contributed by atoms with Crippen molar-refractivity contribution in [1.29, 1.82) is 0 Å². The lowest BCUT2D eigenvalue weighted by molar-refractivity contribution is -0.125. The zero-order valence-corrected chi connectivity index (χ0v) is 7.15. The van der Waals surface area contributed by atoms with Crippen molar-refractivity contribution in [2.45, 2.75) is 19.3 Å². The molecule has 0 atom stereocenters. The van der Waals surface area contributed by atoms with Crippen LogP contribution < -0.4 is 4.72 Å². The van der Waals surface area contributed by atoms with E-state index in [0.29, 0.717) is 0 Å². The molecule has 4 nitrogen and oxygen atoms in total. The fraction of sp³-hybridized carbons (Fsp3) is 0.833. The Bertz CT molecular complexity index is 253. The van der Waals surface area contributed by atoms with Crippen molar-refractivity contribution >= 4 is 15.9 Å². The van der Waals surface area contributed by atoms with Gasteiger partial charge in [-0.3, -0.25) is 9.52 Å². The molecule has 1 rings (SSSR count). The monoisotopic (exact) mass is 177 g/mol. The van der Waals surface area contributed by atoms with E-state index in [1.165, 1.54) is 0 Å². The van der Waals surface area contributed by atoms with Gasteiger partial charge in [0.2, 0.25) is 15.9 Å². The van der Waals surface area contributed by atoms with Gasteiger partial charge in [0, 0.05) is 5.92 Å². The molecular formula is C6H11NO3S. The maximum Gasteiger partial charge on any atom is 0.236 e. The van der Waals surface area contributed by atoms with Gasteiger partial charge >= 0.3 is 0 Å². The summed E-state index contributed by atoms with van der Waals surface area (Å²) in [5.74, 6) is -0.413. The molecule has 0 radical (unpaired) electrons. The number of carbonyl (C=O) groups excluding carboxylic acids is 1. The van der Waals surface area contributed by atoms with E-state index in [1.54, 1.807) is 0 Å². The Morgan fingerprint density at radius 3 is 2.27 bits per heavy atom. The SMILES string of the molecule is CS(=O)(=O)NC(=O)C1CCC1. The molecule has 0 spiro atoms. The molecule has 1 aliphatic carbocycles. The van der Waals surface area contributed by atoms with Crippen molar-refractivity contribution in [2.24, 2.45) is 5.92 Å². The van der Waals surface area contributed by atoms with Crippen LogP contribution in [0.15, 0.2) is 0 Å². The average Bonchev–Trinajstić information content (AvgIpc) is 1.50. The second-order valence-corrected chi connectivity index (χ2v) is 4.61. The Labute approximate surface area is 66.0 Å². The molecule has 11 heavy (non-hydrogen) atoms. The third-order valence-corrected chi connectivity index (χ3v) is 2.33. The van der Waals surface area contributed by atoms with Crippen LogP contribution in [0.1, 0.15) is 19.3 Å². The number of hydrogen-bond acceptors (Lipinski definition) is 3. The minimum absolute atomic E-state index is 0.0651. The second kappa shape index (κ2) is 2.81. The fourth-order valence-electron chi connectivity index (χ4n) is 0.936. The zero-order chi connectivity index (χ0) is 8.48. The first-order valence-corrected chi connectivity index (χ1v) is 5.40. The first-order chi connectivity index (χ1) is 4.99. The Morgan fingerprint density at radius 2 is 2.00 bits per heavy atom. The lowest BCUT2D eigenvalue weighted by atomic mass is 9.85. The van der Waals surface area contributed by atoms with Gasteiger partial charge in [0.05, 0.1) is 6.26 Å². The quantitative estimate of drug-likeness (QED) is 0.638. The number of rotatable bonds is 2. The molecule has 1 saturated carbocycles. The number of amides is 1. The smallest absolute Gasteiger partial charge is 0.236 e. The predicted molar refractivity (Wildman–Crippen MR) is 40.3 cm³/mol. The van der Waals surface area contributed by atoms with E-state index in [-0.39, 0.29) is 11.8 Å². The summed E-state index contributed by atoms with van der Waals surface area (Å²) >= 11 is 0. The molecule has 5 heteroatoms. The van der Waals surface area contributed by atoms with Gasteiger partial charge in [0.25, 0.3) is 0 Å². The molecule has 1 N–H and O–H groups in total. The minimum atomic E-state index is -3.34. The van der Waals surface area contributed by atoms with E-state index in [4.69, 9.17) is 0 Å². The van der Waals surface area contributed by atoms with Crippen molar-refractivity contribution in [3.05, 3.63) is 0 Å². The molecule has 0 aromatic heterocycles. The Hall–Kier alpha value is -0.580. The summed E-state index contributed by atoms with van der Waals surface area (Å²) in [4.78, 5) is 11.0. The molecule has 1 aliphatic rings. The zero-order valence-electron chi connectivity index (χ0n) is 6.33. The molecule has 1 fully saturated rings. The van der Waals surface area contributed by atoms with Gasteiger partial charge in [-0.05, 0) is 12.8 Å². The summed E-state index contributed by atoms with van der Waals surface area (Å²) in [6.45, 7) is 0. The fourth-order valence-corrected chi connectivity index (χ4v) is 1.47. The van der Waals surface area contributed by atoms with Gasteiger partial charge in [-0.25, -0.2) is 8.42 Å². The van der Waals surface area contributed by atoms with Crippen LogP contribution in [0.2, 0.25) is 0 Å². The van der Waals surface area contributed by atoms with E-state index in [2.05, 4.69) is 0 Å². The van der Waals surface area contributed by atoms with Crippen LogP contribution in [-0.2, 0) is 14.8 Å². The van der Waals surface area contributed by atoms with Gasteiger partial charge in [0.15, 0.2) is 0 Å². The van der Waals surface area contributed by atoms with Crippen LogP contribution in [0.25, 0.3) is 0 Å². The van der Waals surface area contributed by atoms with Gasteiger partial charge in [0.1, 0.15) is 0 Å². The summed E-state index contributed by atoms with van der Waals surface area (Å²) < 4.78 is 23.1. The van der Waals surface area contributed by atoms with Crippen LogP contribution in [0, 0.1) is 5.92 Å². The molecular weight excluding hydrogens is 166 g/mol. The third kappa shape index (κ3) is 2.49. The largest absolute Gasteiger partial charge is 0.274 e. The van der Waals surface area contributed by atoms with Crippen LogP contribution in [-0.4, -0.2) is 20.6 Å². The van der Waals surface area contributed by atoms with E-state index in [1.807, 2.05) is 4.72 Å². The van der Waals surface area contributed by atoms with Crippen LogP contribution in [0.5, 0.6) is 0 Å². The lowest BCUT2D eigenvalue weighted by Gasteiger charge is -2.23. The minimum Gasteiger partial charge on any atom is -0.274 e. The van der Waals surface area contributed by atoms with E-state index >= 15 is 0 Å². The molecule has 0 saturated heterocycles. The van der Waals surface area contributed by atoms with Gasteiger partial charge in [-0.2, -0.15) is 0 Å². The molecule has 1 amide bonds. The van der Waals surface area contributed by atoms with Crippen molar-refractivity contribution in [2.75, 3.05) is 6.26 Å². The molecule has 64 valence electrons. The van der Waals surface area contributed by atoms with Crippen LogP contribution in [0.3, 0.4) is 0 Å². The topological polar surface area (TPSA) is 63.2 Å². The second-order valence-electron chi connectivity index (χ2n) is 2.87. The Morgan fingerprint density at radius 1 is 1.45 bits per heavy atom. The number of carbonyl (C=O) groups is 1. The first kappa shape index (κ1) is 8.52. The molecule has 0 bridgehead atoms. The highest BCUT2D eigenvalue weighted by Gasteiger charge is 2.26. The van der Waals surface area contributed by atoms with Crippen molar-refractivity contribution in [3.63, 3.8) is 0 Å². The summed E-state index contributed by atoms with van der Waals surface area (Å²) in [5, 5.41) is 0. The summed E-state index contributed by atoms with van der Waals surface area (Å²) in [6, 6.07) is 0. The van der Waals surface area contributed by atoms with Gasteiger partial charge in [-0.15, -0.1) is 0 Å². The maximum atomic E-state index is 11.0. The maximum absolute atomic E-state index is 11.0. The first-order valence-electron chi connectivity index (χ1n) is 3.51. The lowest BCUT2D eigenvalue weighted by Crippen LogP contribution is -2.37. The highest BCUT2D eigenvalue weighted by molar-refractivity contribution is 7.89. The molecule has 0 aromatic carbocycles. The Kier molecular flexibility index (Phi) is 2.17. The van der Waals surface area contributed by atoms with E-state index in [9.17, 15) is 13.2 Å². The normalized spacial score (nSPS) is 19.0. The predicted octanol–water partition coefficient (Wildman–Crippen LogP) is -0.138. The molecule has 0 unspecified atom stereocenters. The van der Waals surface area contributed by atoms with Gasteiger partial charge < -0.3 is 0 Å². The number of nitrogens with one attached hydrogen (secondary N) is 1. The molecule has 0 aromatic rings. The summed E-state index contributed by atoms with van der Waals surface area (Å²) in [6.07, 6.45) is 3.66. The third-order valence-electron chi connectivity index (χ3n) is 1.76. The molecule has 0 heterocycles. The molecule has 0 aliphatic heterocycles. The van der Waals surface area contributed by atoms with Crippen molar-refractivity contribution in [1.82, 2.24) is 4.72 Å². The average molecular weight is 177 g/mol. The number of sulfonamides is 1. The highest BCUT2D eigenvalue weighted by Crippen LogP contribution is 2.26. The Balaban J connectivity index is 2.43. The standard InChI is InChI=1S/C6H11NO3S/c1-11(9,10)7-6(8)5-3-2-4-5/h5H,2-4H2,1H3,(H,7,8). The van der Waals surface area contributed by atoms with E-state index < -0.39 is 10.0 Å². The highest BCUT2D eigenvalue weighted by atomic mass is 32.2. The van der Waals surface area contributed by atoms with Gasteiger partial charge in [-0.1, -0.05) is 6.42 Å². The number of hydrogen-bond donors (Lipinski definition) is 1.